The van der Waals surface area contributed by atoms with E-state index in [0.717, 1.165) is 24.5 Å². The second-order valence-electron chi connectivity index (χ2n) is 5.41. The summed E-state index contributed by atoms with van der Waals surface area (Å²) in [6.45, 7) is 0.0624. The number of rotatable bonds is 5. The number of alkyl halides is 3. The van der Waals surface area contributed by atoms with Crippen LogP contribution in [0.25, 0.3) is 0 Å². The molecule has 26 heavy (non-hydrogen) atoms. The molecule has 0 aliphatic heterocycles. The lowest BCUT2D eigenvalue weighted by molar-refractivity contribution is -0.137. The molecule has 1 heterocycles. The summed E-state index contributed by atoms with van der Waals surface area (Å²) in [5.74, 6) is -0.770. The van der Waals surface area contributed by atoms with Crippen LogP contribution in [0.4, 0.5) is 13.2 Å². The maximum absolute atomic E-state index is 12.5. The van der Waals surface area contributed by atoms with Gasteiger partial charge < -0.3 is 5.32 Å². The number of amides is 1. The first-order valence-corrected chi connectivity index (χ1v) is 9.12. The smallest absolute Gasteiger partial charge is 0.350 e. The number of aromatic nitrogens is 2. The molecule has 140 valence electrons. The molecule has 1 aromatic heterocycles. The topological polar surface area (TPSA) is 109 Å². The Morgan fingerprint density at radius 3 is 2.38 bits per heavy atom. The molecular weight excluding hydrogens is 375 g/mol. The number of H-pyrrole nitrogens is 1. The van der Waals surface area contributed by atoms with E-state index < -0.39 is 38.2 Å². The Hall–Kier alpha value is -2.69. The zero-order chi connectivity index (χ0) is 19.5. The van der Waals surface area contributed by atoms with Gasteiger partial charge in [0.1, 0.15) is 5.69 Å². The summed E-state index contributed by atoms with van der Waals surface area (Å²) < 4.78 is 60.3. The molecule has 0 aliphatic rings. The lowest BCUT2D eigenvalue weighted by Gasteiger charge is -2.08. The van der Waals surface area contributed by atoms with Crippen molar-refractivity contribution in [2.45, 2.75) is 17.8 Å². The lowest BCUT2D eigenvalue weighted by atomic mass is 10.1. The number of nitrogens with zero attached hydrogens (tertiary/aromatic N) is 1. The Morgan fingerprint density at radius 1 is 1.23 bits per heavy atom. The predicted molar refractivity (Wildman–Crippen MR) is 85.4 cm³/mol. The first-order valence-electron chi connectivity index (χ1n) is 7.22. The third-order valence-corrected chi connectivity index (χ3v) is 4.18. The monoisotopic (exact) mass is 389 g/mol. The molecule has 0 saturated carbocycles. The van der Waals surface area contributed by atoms with E-state index in [0.29, 0.717) is 5.56 Å². The Kier molecular flexibility index (Phi) is 5.50. The van der Waals surface area contributed by atoms with Crippen LogP contribution in [-0.2, 0) is 22.4 Å². The van der Waals surface area contributed by atoms with E-state index in [1.165, 1.54) is 12.1 Å². The van der Waals surface area contributed by atoms with E-state index in [1.807, 2.05) is 4.98 Å². The quantitative estimate of drug-likeness (QED) is 0.746. The average molecular weight is 389 g/mol. The number of carbonyl (C=O) groups excluding carboxylic acids is 1. The number of halogens is 3. The molecule has 2 aromatic rings. The van der Waals surface area contributed by atoms with E-state index in [1.54, 1.807) is 0 Å². The first kappa shape index (κ1) is 19.6. The van der Waals surface area contributed by atoms with Crippen LogP contribution in [0, 0.1) is 0 Å². The van der Waals surface area contributed by atoms with Crippen molar-refractivity contribution in [3.8, 4) is 0 Å². The van der Waals surface area contributed by atoms with Crippen molar-refractivity contribution in [2.75, 3.05) is 12.8 Å². The van der Waals surface area contributed by atoms with E-state index in [9.17, 15) is 31.2 Å². The van der Waals surface area contributed by atoms with Crippen LogP contribution in [-0.4, -0.2) is 37.1 Å². The summed E-state index contributed by atoms with van der Waals surface area (Å²) in [6.07, 6.45) is -3.35. The number of sulfone groups is 1. The zero-order valence-electron chi connectivity index (χ0n) is 13.4. The van der Waals surface area contributed by atoms with Gasteiger partial charge in [-0.25, -0.2) is 13.4 Å². The van der Waals surface area contributed by atoms with E-state index in [-0.39, 0.29) is 18.7 Å². The molecule has 0 saturated heterocycles. The van der Waals surface area contributed by atoms with E-state index in [2.05, 4.69) is 10.3 Å². The highest BCUT2D eigenvalue weighted by atomic mass is 32.2. The molecule has 2 N–H and O–H groups in total. The molecular formula is C15H14F3N3O4S. The molecule has 0 atom stereocenters. The van der Waals surface area contributed by atoms with Crippen molar-refractivity contribution in [1.82, 2.24) is 15.3 Å². The third-order valence-electron chi connectivity index (χ3n) is 3.28. The van der Waals surface area contributed by atoms with Gasteiger partial charge in [0.05, 0.1) is 5.56 Å². The Balaban J connectivity index is 2.01. The maximum Gasteiger partial charge on any atom is 0.416 e. The molecule has 0 radical (unpaired) electrons. The van der Waals surface area contributed by atoms with Crippen molar-refractivity contribution < 1.29 is 26.4 Å². The number of hydrogen-bond acceptors (Lipinski definition) is 5. The highest BCUT2D eigenvalue weighted by Gasteiger charge is 2.29. The third kappa shape index (κ3) is 5.15. The SMILES string of the molecule is CS(=O)(=O)c1nc(C(=O)NCCc2ccc(C(F)(F)F)cc2)cc(=O)[nH]1. The fourth-order valence-electron chi connectivity index (χ4n) is 2.00. The summed E-state index contributed by atoms with van der Waals surface area (Å²) in [5, 5.41) is 1.80. The van der Waals surface area contributed by atoms with E-state index >= 15 is 0 Å². The van der Waals surface area contributed by atoms with Gasteiger partial charge in [-0.2, -0.15) is 13.2 Å². The van der Waals surface area contributed by atoms with Crippen molar-refractivity contribution >= 4 is 15.7 Å². The highest BCUT2D eigenvalue weighted by Crippen LogP contribution is 2.29. The number of aromatic amines is 1. The van der Waals surface area contributed by atoms with Crippen molar-refractivity contribution in [1.29, 1.82) is 0 Å². The minimum atomic E-state index is -4.42. The minimum absolute atomic E-state index is 0.0624. The van der Waals surface area contributed by atoms with Crippen LogP contribution < -0.4 is 10.9 Å². The molecule has 0 spiro atoms. The van der Waals surface area contributed by atoms with Gasteiger partial charge in [-0.05, 0) is 24.1 Å². The molecule has 7 nitrogen and oxygen atoms in total. The maximum atomic E-state index is 12.5. The van der Waals surface area contributed by atoms with Crippen molar-refractivity contribution in [3.05, 3.63) is 57.5 Å². The van der Waals surface area contributed by atoms with Crippen LogP contribution in [0.5, 0.6) is 0 Å². The summed E-state index contributed by atoms with van der Waals surface area (Å²) in [7, 11) is -3.80. The van der Waals surface area contributed by atoms with Crippen LogP contribution in [0.1, 0.15) is 21.6 Å². The Labute approximate surface area is 146 Å². The van der Waals surface area contributed by atoms with Crippen LogP contribution in [0.2, 0.25) is 0 Å². The fourth-order valence-corrected chi connectivity index (χ4v) is 2.55. The number of nitrogens with one attached hydrogen (secondary N) is 2. The summed E-state index contributed by atoms with van der Waals surface area (Å²) >= 11 is 0. The van der Waals surface area contributed by atoms with Crippen molar-refractivity contribution in [3.63, 3.8) is 0 Å². The van der Waals surface area contributed by atoms with Crippen LogP contribution >= 0.6 is 0 Å². The van der Waals surface area contributed by atoms with Gasteiger partial charge in [0.25, 0.3) is 11.5 Å². The van der Waals surface area contributed by atoms with E-state index in [4.69, 9.17) is 0 Å². The van der Waals surface area contributed by atoms with Gasteiger partial charge in [0, 0.05) is 18.9 Å². The second-order valence-corrected chi connectivity index (χ2v) is 7.34. The van der Waals surface area contributed by atoms with Gasteiger partial charge in [-0.15, -0.1) is 0 Å². The number of benzene rings is 1. The minimum Gasteiger partial charge on any atom is -0.350 e. The van der Waals surface area contributed by atoms with Crippen LogP contribution in [0.3, 0.4) is 0 Å². The molecule has 0 unspecified atom stereocenters. The molecule has 0 aliphatic carbocycles. The highest BCUT2D eigenvalue weighted by molar-refractivity contribution is 7.90. The zero-order valence-corrected chi connectivity index (χ0v) is 14.2. The van der Waals surface area contributed by atoms with Gasteiger partial charge in [-0.1, -0.05) is 12.1 Å². The molecule has 0 bridgehead atoms. The first-order chi connectivity index (χ1) is 12.0. The molecule has 1 amide bonds. The number of carbonyl (C=O) groups is 1. The summed E-state index contributed by atoms with van der Waals surface area (Å²) in [5.41, 5.74) is -1.38. The normalized spacial score (nSPS) is 12.0. The van der Waals surface area contributed by atoms with Crippen LogP contribution in [0.15, 0.2) is 40.3 Å². The van der Waals surface area contributed by atoms with Gasteiger partial charge in [0.15, 0.2) is 0 Å². The van der Waals surface area contributed by atoms with Crippen molar-refractivity contribution in [2.24, 2.45) is 0 Å². The largest absolute Gasteiger partial charge is 0.416 e. The standard InChI is InChI=1S/C15H14F3N3O4S/c1-26(24,25)14-20-11(8-12(22)21-14)13(23)19-7-6-9-2-4-10(5-3-9)15(16,17)18/h2-5,8H,6-7H2,1H3,(H,19,23)(H,20,21,22). The molecule has 11 heteroatoms. The Bertz CT molecular complexity index is 967. The van der Waals surface area contributed by atoms with Gasteiger partial charge >= 0.3 is 6.18 Å². The summed E-state index contributed by atoms with van der Waals surface area (Å²) in [6, 6.07) is 5.31. The fraction of sp³-hybridized carbons (Fsp3) is 0.267. The van der Waals surface area contributed by atoms with Gasteiger partial charge in [-0.3, -0.25) is 14.6 Å². The Morgan fingerprint density at radius 2 is 1.85 bits per heavy atom. The average Bonchev–Trinajstić information content (AvgIpc) is 2.53. The number of hydrogen-bond donors (Lipinski definition) is 2. The lowest BCUT2D eigenvalue weighted by Crippen LogP contribution is -2.29. The molecule has 2 rings (SSSR count). The predicted octanol–water partition coefficient (Wildman–Crippen LogP) is 1.16. The van der Waals surface area contributed by atoms with Gasteiger partial charge in [0.2, 0.25) is 15.0 Å². The molecule has 1 aromatic carbocycles. The summed E-state index contributed by atoms with van der Waals surface area (Å²) in [4.78, 5) is 29.0. The molecule has 0 fully saturated rings. The second kappa shape index (κ2) is 7.28.